The normalized spacial score (nSPS) is 13.9. The van der Waals surface area contributed by atoms with Gasteiger partial charge in [0.15, 0.2) is 6.10 Å². The largest absolute Gasteiger partial charge is 0.451 e. The summed E-state index contributed by atoms with van der Waals surface area (Å²) in [6.45, 7) is 2.16. The molecule has 0 fully saturated rings. The smallest absolute Gasteiger partial charge is 0.338 e. The Kier molecular flexibility index (Phi) is 6.19. The van der Waals surface area contributed by atoms with E-state index in [0.29, 0.717) is 18.6 Å². The van der Waals surface area contributed by atoms with E-state index in [1.165, 1.54) is 25.1 Å². The summed E-state index contributed by atoms with van der Waals surface area (Å²) in [5.74, 6) is -1.91. The van der Waals surface area contributed by atoms with Crippen LogP contribution in [0.3, 0.4) is 0 Å². The summed E-state index contributed by atoms with van der Waals surface area (Å²) in [6.07, 6.45) is -0.461. The topological polar surface area (TPSA) is 90.0 Å². The second kappa shape index (κ2) is 8.79. The minimum absolute atomic E-state index is 0.108. The lowest BCUT2D eigenvalue weighted by Crippen LogP contribution is -2.31. The summed E-state index contributed by atoms with van der Waals surface area (Å²) in [7, 11) is 1.55. The van der Waals surface area contributed by atoms with Crippen LogP contribution in [0.5, 0.6) is 0 Å². The van der Waals surface area contributed by atoms with Crippen molar-refractivity contribution in [1.82, 2.24) is 4.90 Å². The lowest BCUT2D eigenvalue weighted by Gasteiger charge is -2.13. The van der Waals surface area contributed by atoms with Crippen LogP contribution in [0.4, 0.5) is 0 Å². The number of ether oxygens (including phenoxy) is 2. The Balaban J connectivity index is 1.72. The summed E-state index contributed by atoms with van der Waals surface area (Å²) in [4.78, 5) is 50.9. The van der Waals surface area contributed by atoms with Crippen molar-refractivity contribution in [3.05, 3.63) is 70.8 Å². The van der Waals surface area contributed by atoms with E-state index in [9.17, 15) is 19.2 Å². The number of rotatable bonds is 8. The van der Waals surface area contributed by atoms with Crippen LogP contribution in [-0.4, -0.2) is 54.8 Å². The number of fused-ring (bicyclic) bond motifs is 1. The summed E-state index contributed by atoms with van der Waals surface area (Å²) in [5.41, 5.74) is 0.951. The van der Waals surface area contributed by atoms with Gasteiger partial charge >= 0.3 is 5.97 Å². The van der Waals surface area contributed by atoms with Gasteiger partial charge in [-0.15, -0.1) is 0 Å². The zero-order valence-electron chi connectivity index (χ0n) is 16.2. The lowest BCUT2D eigenvalue weighted by molar-refractivity contribution is 0.0318. The number of benzene rings is 2. The first-order valence-electron chi connectivity index (χ1n) is 9.23. The summed E-state index contributed by atoms with van der Waals surface area (Å²) < 4.78 is 10.2. The SMILES string of the molecule is COCCCN1C(=O)c2ccc(C(=O)O[C@@H](C)C(=O)c3ccccc3)cc2C1=O. The second-order valence-electron chi connectivity index (χ2n) is 6.65. The first kappa shape index (κ1) is 20.4. The molecule has 0 saturated heterocycles. The predicted octanol–water partition coefficient (Wildman–Crippen LogP) is 2.75. The zero-order valence-corrected chi connectivity index (χ0v) is 16.2. The van der Waals surface area contributed by atoms with Crippen LogP contribution >= 0.6 is 0 Å². The van der Waals surface area contributed by atoms with E-state index in [4.69, 9.17) is 9.47 Å². The third-order valence-electron chi connectivity index (χ3n) is 4.65. The van der Waals surface area contributed by atoms with Crippen molar-refractivity contribution in [1.29, 1.82) is 0 Å². The maximum atomic E-state index is 12.5. The van der Waals surface area contributed by atoms with Crippen molar-refractivity contribution < 1.29 is 28.7 Å². The van der Waals surface area contributed by atoms with Gasteiger partial charge in [0.1, 0.15) is 0 Å². The monoisotopic (exact) mass is 395 g/mol. The minimum atomic E-state index is -0.985. The predicted molar refractivity (Wildman–Crippen MR) is 104 cm³/mol. The number of hydrogen-bond donors (Lipinski definition) is 0. The molecule has 1 aliphatic heterocycles. The molecule has 150 valence electrons. The molecule has 0 N–H and O–H groups in total. The van der Waals surface area contributed by atoms with Crippen molar-refractivity contribution in [2.75, 3.05) is 20.3 Å². The number of esters is 1. The highest BCUT2D eigenvalue weighted by Gasteiger charge is 2.35. The van der Waals surface area contributed by atoms with E-state index >= 15 is 0 Å². The highest BCUT2D eigenvalue weighted by atomic mass is 16.5. The molecule has 29 heavy (non-hydrogen) atoms. The summed E-state index contributed by atoms with van der Waals surface area (Å²) >= 11 is 0. The molecular weight excluding hydrogens is 374 g/mol. The number of amides is 2. The molecule has 2 amide bonds. The lowest BCUT2D eigenvalue weighted by atomic mass is 10.1. The summed E-state index contributed by atoms with van der Waals surface area (Å²) in [5, 5.41) is 0. The standard InChI is InChI=1S/C22H21NO6/c1-14(19(24)15-7-4-3-5-8-15)29-22(27)16-9-10-17-18(13-16)21(26)23(20(17)25)11-6-12-28-2/h3-5,7-10,13-14H,6,11-12H2,1-2H3/t14-/m0/s1. The van der Waals surface area contributed by atoms with Crippen LogP contribution in [0.2, 0.25) is 0 Å². The van der Waals surface area contributed by atoms with Crippen molar-refractivity contribution >= 4 is 23.6 Å². The van der Waals surface area contributed by atoms with Crippen LogP contribution in [0.1, 0.15) is 54.8 Å². The van der Waals surface area contributed by atoms with Gasteiger partial charge in [0, 0.05) is 25.8 Å². The van der Waals surface area contributed by atoms with E-state index in [1.54, 1.807) is 37.4 Å². The number of methoxy groups -OCH3 is 1. The quantitative estimate of drug-likeness (QED) is 0.295. The van der Waals surface area contributed by atoms with Gasteiger partial charge in [-0.05, 0) is 31.5 Å². The van der Waals surface area contributed by atoms with Gasteiger partial charge in [-0.1, -0.05) is 30.3 Å². The van der Waals surface area contributed by atoms with Crippen LogP contribution in [-0.2, 0) is 9.47 Å². The van der Waals surface area contributed by atoms with Gasteiger partial charge in [-0.25, -0.2) is 4.79 Å². The van der Waals surface area contributed by atoms with Crippen molar-refractivity contribution in [2.45, 2.75) is 19.4 Å². The number of nitrogens with zero attached hydrogens (tertiary/aromatic N) is 1. The molecule has 0 radical (unpaired) electrons. The third kappa shape index (κ3) is 4.25. The highest BCUT2D eigenvalue weighted by Crippen LogP contribution is 2.25. The number of hydrogen-bond acceptors (Lipinski definition) is 6. The molecular formula is C22H21NO6. The average Bonchev–Trinajstić information content (AvgIpc) is 2.98. The first-order chi connectivity index (χ1) is 13.9. The maximum Gasteiger partial charge on any atom is 0.338 e. The molecule has 1 atom stereocenters. The number of ketones is 1. The Morgan fingerprint density at radius 1 is 0.966 bits per heavy atom. The van der Waals surface area contributed by atoms with Crippen molar-refractivity contribution in [3.63, 3.8) is 0 Å². The molecule has 0 aliphatic carbocycles. The van der Waals surface area contributed by atoms with Crippen LogP contribution in [0, 0.1) is 0 Å². The molecule has 0 aromatic heterocycles. The molecule has 0 saturated carbocycles. The van der Waals surface area contributed by atoms with Crippen LogP contribution in [0.15, 0.2) is 48.5 Å². The maximum absolute atomic E-state index is 12.5. The van der Waals surface area contributed by atoms with Crippen molar-refractivity contribution in [3.8, 4) is 0 Å². The van der Waals surface area contributed by atoms with Gasteiger partial charge in [-0.3, -0.25) is 19.3 Å². The Labute approximate surface area is 168 Å². The number of Topliss-reactive ketones (excluding diaryl/α,β-unsaturated/α-hetero) is 1. The Morgan fingerprint density at radius 2 is 1.66 bits per heavy atom. The van der Waals surface area contributed by atoms with Gasteiger partial charge in [0.2, 0.25) is 5.78 Å². The van der Waals surface area contributed by atoms with E-state index in [-0.39, 0.29) is 29.0 Å². The molecule has 0 bridgehead atoms. The first-order valence-corrected chi connectivity index (χ1v) is 9.23. The average molecular weight is 395 g/mol. The van der Waals surface area contributed by atoms with Crippen molar-refractivity contribution in [2.24, 2.45) is 0 Å². The van der Waals surface area contributed by atoms with E-state index in [0.717, 1.165) is 4.90 Å². The van der Waals surface area contributed by atoms with Gasteiger partial charge in [-0.2, -0.15) is 0 Å². The molecule has 2 aromatic carbocycles. The molecule has 1 heterocycles. The minimum Gasteiger partial charge on any atom is -0.451 e. The van der Waals surface area contributed by atoms with E-state index in [2.05, 4.69) is 0 Å². The Morgan fingerprint density at radius 3 is 2.34 bits per heavy atom. The molecule has 7 nitrogen and oxygen atoms in total. The van der Waals surface area contributed by atoms with Gasteiger partial charge in [0.25, 0.3) is 11.8 Å². The number of carbonyl (C=O) groups is 4. The highest BCUT2D eigenvalue weighted by molar-refractivity contribution is 6.22. The van der Waals surface area contributed by atoms with Gasteiger partial charge in [0.05, 0.1) is 16.7 Å². The fraction of sp³-hybridized carbons (Fsp3) is 0.273. The zero-order chi connectivity index (χ0) is 21.0. The second-order valence-corrected chi connectivity index (χ2v) is 6.65. The fourth-order valence-electron chi connectivity index (χ4n) is 3.11. The van der Waals surface area contributed by atoms with Crippen LogP contribution < -0.4 is 0 Å². The molecule has 0 unspecified atom stereocenters. The van der Waals surface area contributed by atoms with E-state index in [1.807, 2.05) is 0 Å². The molecule has 2 aromatic rings. The molecule has 1 aliphatic rings. The summed E-state index contributed by atoms with van der Waals surface area (Å²) in [6, 6.07) is 12.7. The number of carbonyl (C=O) groups excluding carboxylic acids is 4. The third-order valence-corrected chi connectivity index (χ3v) is 4.65. The number of imide groups is 1. The Bertz CT molecular complexity index is 953. The Hall–Kier alpha value is -3.32. The molecule has 3 rings (SSSR count). The molecule has 0 spiro atoms. The van der Waals surface area contributed by atoms with Crippen LogP contribution in [0.25, 0.3) is 0 Å². The van der Waals surface area contributed by atoms with E-state index < -0.39 is 23.9 Å². The fourth-order valence-corrected chi connectivity index (χ4v) is 3.11. The van der Waals surface area contributed by atoms with Gasteiger partial charge < -0.3 is 9.47 Å². The molecule has 7 heteroatoms.